The predicted octanol–water partition coefficient (Wildman–Crippen LogP) is -1.62. The Morgan fingerprint density at radius 2 is 1.70 bits per heavy atom. The SMILES string of the molecule is C=C(C(=O)OC)[C@H]1CC[C@@]2(C)[C@H](OC(=O)[C@@H](O)C(C)C)CC[C@@](O)(CO[C@@H]3O[C@H](CO)[C@@H](O)[C@H](O)[C@H]3O)[C@@H]2[C@H]1O. The molecule has 0 radical (unpaired) electrons. The van der Waals surface area contributed by atoms with E-state index >= 15 is 0 Å². The van der Waals surface area contributed by atoms with E-state index in [9.17, 15) is 45.3 Å². The summed E-state index contributed by atoms with van der Waals surface area (Å²) in [6.07, 6.45) is -10.6. The third-order valence-corrected chi connectivity index (χ3v) is 8.98. The highest BCUT2D eigenvalue weighted by Gasteiger charge is 2.63. The van der Waals surface area contributed by atoms with Crippen molar-refractivity contribution in [3.8, 4) is 0 Å². The Morgan fingerprint density at radius 3 is 2.27 bits per heavy atom. The molecule has 230 valence electrons. The van der Waals surface area contributed by atoms with Crippen LogP contribution < -0.4 is 0 Å². The second kappa shape index (κ2) is 12.7. The van der Waals surface area contributed by atoms with Gasteiger partial charge in [-0.15, -0.1) is 0 Å². The summed E-state index contributed by atoms with van der Waals surface area (Å²) in [7, 11) is 1.19. The van der Waals surface area contributed by atoms with Crippen LogP contribution in [0, 0.1) is 23.2 Å². The van der Waals surface area contributed by atoms with Crippen LogP contribution in [0.2, 0.25) is 0 Å². The molecule has 0 amide bonds. The standard InChI is InChI=1S/C27H44O13/c1-12(2)17(29)24(35)40-16-7-9-27(36,11-38-25-21(33)20(32)19(31)15(10-28)39-25)22-18(30)14(6-8-26(16,22)4)13(3)23(34)37-5/h12,14-22,25,28-33,36H,3,6-11H2,1-2,4-5H3/t14-,15-,16-,17+,18+,19-,20+,21-,22-,25-,26+,27-/m1/s1. The first-order valence-electron chi connectivity index (χ1n) is 13.6. The zero-order chi connectivity index (χ0) is 30.2. The normalized spacial score (nSPS) is 42.5. The Kier molecular flexibility index (Phi) is 10.4. The predicted molar refractivity (Wildman–Crippen MR) is 136 cm³/mol. The summed E-state index contributed by atoms with van der Waals surface area (Å²) in [5.74, 6) is -3.77. The van der Waals surface area contributed by atoms with E-state index in [1.165, 1.54) is 7.11 Å². The number of hydrogen-bond acceptors (Lipinski definition) is 13. The van der Waals surface area contributed by atoms with Gasteiger partial charge in [-0.25, -0.2) is 9.59 Å². The molecule has 0 aromatic heterocycles. The van der Waals surface area contributed by atoms with Crippen LogP contribution in [-0.4, -0.2) is 123 Å². The fourth-order valence-corrected chi connectivity index (χ4v) is 6.51. The highest BCUT2D eigenvalue weighted by Crippen LogP contribution is 2.57. The van der Waals surface area contributed by atoms with Crippen molar-refractivity contribution in [2.24, 2.45) is 23.2 Å². The summed E-state index contributed by atoms with van der Waals surface area (Å²) in [6, 6.07) is 0. The van der Waals surface area contributed by atoms with Crippen LogP contribution in [0.4, 0.5) is 0 Å². The number of fused-ring (bicyclic) bond motifs is 1. The number of esters is 2. The molecule has 13 nitrogen and oxygen atoms in total. The molecular formula is C27H44O13. The molecule has 40 heavy (non-hydrogen) atoms. The smallest absolute Gasteiger partial charge is 0.335 e. The van der Waals surface area contributed by atoms with Gasteiger partial charge < -0.3 is 54.7 Å². The van der Waals surface area contributed by atoms with Crippen molar-refractivity contribution < 1.29 is 64.3 Å². The molecule has 3 fully saturated rings. The van der Waals surface area contributed by atoms with E-state index in [2.05, 4.69) is 6.58 Å². The van der Waals surface area contributed by atoms with Crippen LogP contribution in [0.25, 0.3) is 0 Å². The summed E-state index contributed by atoms with van der Waals surface area (Å²) < 4.78 is 21.6. The number of ether oxygens (including phenoxy) is 4. The topological polar surface area (TPSA) is 213 Å². The van der Waals surface area contributed by atoms with Crippen molar-refractivity contribution in [3.63, 3.8) is 0 Å². The first-order chi connectivity index (χ1) is 18.6. The monoisotopic (exact) mass is 576 g/mol. The molecule has 12 atom stereocenters. The van der Waals surface area contributed by atoms with Crippen molar-refractivity contribution in [1.29, 1.82) is 0 Å². The highest BCUT2D eigenvalue weighted by atomic mass is 16.7. The Labute approximate surface area is 233 Å². The van der Waals surface area contributed by atoms with E-state index in [1.54, 1.807) is 20.8 Å². The number of methoxy groups -OCH3 is 1. The minimum Gasteiger partial charge on any atom is -0.466 e. The second-order valence-electron chi connectivity index (χ2n) is 11.9. The van der Waals surface area contributed by atoms with Crippen LogP contribution in [0.1, 0.15) is 46.5 Å². The molecular weight excluding hydrogens is 532 g/mol. The molecule has 0 aromatic rings. The summed E-state index contributed by atoms with van der Waals surface area (Å²) >= 11 is 0. The van der Waals surface area contributed by atoms with E-state index in [4.69, 9.17) is 18.9 Å². The lowest BCUT2D eigenvalue weighted by Crippen LogP contribution is -2.67. The zero-order valence-corrected chi connectivity index (χ0v) is 23.4. The van der Waals surface area contributed by atoms with Crippen LogP contribution >= 0.6 is 0 Å². The first kappa shape index (κ1) is 32.8. The van der Waals surface area contributed by atoms with Crippen molar-refractivity contribution >= 4 is 11.9 Å². The molecule has 2 saturated carbocycles. The van der Waals surface area contributed by atoms with E-state index in [1.807, 2.05) is 0 Å². The first-order valence-corrected chi connectivity index (χ1v) is 13.6. The van der Waals surface area contributed by atoms with Gasteiger partial charge in [0.1, 0.15) is 30.5 Å². The van der Waals surface area contributed by atoms with Gasteiger partial charge in [0.25, 0.3) is 0 Å². The zero-order valence-electron chi connectivity index (χ0n) is 23.4. The van der Waals surface area contributed by atoms with Gasteiger partial charge in [0, 0.05) is 22.8 Å². The molecule has 3 rings (SSSR count). The Bertz CT molecular complexity index is 924. The van der Waals surface area contributed by atoms with E-state index in [0.29, 0.717) is 6.42 Å². The number of aliphatic hydroxyl groups excluding tert-OH is 6. The number of carbonyl (C=O) groups is 2. The largest absolute Gasteiger partial charge is 0.466 e. The number of rotatable bonds is 9. The summed E-state index contributed by atoms with van der Waals surface area (Å²) in [4.78, 5) is 25.0. The fourth-order valence-electron chi connectivity index (χ4n) is 6.51. The maximum absolute atomic E-state index is 12.7. The molecule has 3 aliphatic rings. The number of aliphatic hydroxyl groups is 7. The Hall–Kier alpha value is -1.68. The quantitative estimate of drug-likeness (QED) is 0.122. The lowest BCUT2D eigenvalue weighted by atomic mass is 9.50. The van der Waals surface area contributed by atoms with Gasteiger partial charge >= 0.3 is 11.9 Å². The van der Waals surface area contributed by atoms with Crippen LogP contribution in [-0.2, 0) is 28.5 Å². The van der Waals surface area contributed by atoms with Gasteiger partial charge in [0.15, 0.2) is 12.4 Å². The lowest BCUT2D eigenvalue weighted by Gasteiger charge is -2.59. The average Bonchev–Trinajstić information content (AvgIpc) is 2.91. The third-order valence-electron chi connectivity index (χ3n) is 8.98. The maximum atomic E-state index is 12.7. The summed E-state index contributed by atoms with van der Waals surface area (Å²) in [6.45, 7) is 7.69. The molecule has 1 saturated heterocycles. The average molecular weight is 577 g/mol. The maximum Gasteiger partial charge on any atom is 0.335 e. The third kappa shape index (κ3) is 6.08. The molecule has 7 N–H and O–H groups in total. The number of carbonyl (C=O) groups excluding carboxylic acids is 2. The number of hydrogen-bond donors (Lipinski definition) is 7. The molecule has 13 heteroatoms. The molecule has 0 unspecified atom stereocenters. The van der Waals surface area contributed by atoms with Crippen molar-refractivity contribution in [1.82, 2.24) is 0 Å². The summed E-state index contributed by atoms with van der Waals surface area (Å²) in [5, 5.41) is 73.9. The minimum atomic E-state index is -1.80. The molecule has 0 bridgehead atoms. The van der Waals surface area contributed by atoms with Gasteiger partial charge in [-0.1, -0.05) is 27.4 Å². The van der Waals surface area contributed by atoms with Gasteiger partial charge in [0.2, 0.25) is 0 Å². The van der Waals surface area contributed by atoms with E-state index in [-0.39, 0.29) is 24.8 Å². The molecule has 1 aliphatic heterocycles. The summed E-state index contributed by atoms with van der Waals surface area (Å²) in [5.41, 5.74) is -2.82. The second-order valence-corrected chi connectivity index (χ2v) is 11.9. The van der Waals surface area contributed by atoms with E-state index < -0.39 is 103 Å². The molecule has 1 heterocycles. The van der Waals surface area contributed by atoms with Gasteiger partial charge in [-0.2, -0.15) is 0 Å². The highest BCUT2D eigenvalue weighted by molar-refractivity contribution is 5.88. The molecule has 0 aromatic carbocycles. The molecule has 0 spiro atoms. The van der Waals surface area contributed by atoms with Gasteiger partial charge in [-0.05, 0) is 31.6 Å². The van der Waals surface area contributed by atoms with Crippen LogP contribution in [0.5, 0.6) is 0 Å². The lowest BCUT2D eigenvalue weighted by molar-refractivity contribution is -0.319. The van der Waals surface area contributed by atoms with Gasteiger partial charge in [0.05, 0.1) is 32.0 Å². The van der Waals surface area contributed by atoms with Gasteiger partial charge in [-0.3, -0.25) is 0 Å². The van der Waals surface area contributed by atoms with Crippen molar-refractivity contribution in [2.75, 3.05) is 20.3 Å². The van der Waals surface area contributed by atoms with Crippen LogP contribution in [0.3, 0.4) is 0 Å². The Morgan fingerprint density at radius 1 is 1.05 bits per heavy atom. The van der Waals surface area contributed by atoms with E-state index in [0.717, 1.165) is 0 Å². The Balaban J connectivity index is 1.91. The minimum absolute atomic E-state index is 0.0172. The van der Waals surface area contributed by atoms with Crippen LogP contribution in [0.15, 0.2) is 12.2 Å². The van der Waals surface area contributed by atoms with Crippen molar-refractivity contribution in [3.05, 3.63) is 12.2 Å². The van der Waals surface area contributed by atoms with Crippen molar-refractivity contribution in [2.45, 2.75) is 101 Å². The molecule has 2 aliphatic carbocycles. The fraction of sp³-hybridized carbons (Fsp3) is 0.852.